The van der Waals surface area contributed by atoms with Crippen molar-refractivity contribution in [1.29, 1.82) is 0 Å². The molecule has 0 saturated heterocycles. The number of benzene rings is 1. The molecule has 0 heterocycles. The van der Waals surface area contributed by atoms with Crippen LogP contribution >= 0.6 is 23.2 Å². The van der Waals surface area contributed by atoms with Gasteiger partial charge in [-0.1, -0.05) is 35.4 Å². The smallest absolute Gasteiger partial charge is 0.224 e. The van der Waals surface area contributed by atoms with Gasteiger partial charge in [-0.15, -0.1) is 0 Å². The Labute approximate surface area is 111 Å². The highest BCUT2D eigenvalue weighted by Crippen LogP contribution is 2.26. The number of hydrogen-bond donors (Lipinski definition) is 1. The molecular weight excluding hydrogens is 257 g/mol. The Kier molecular flexibility index (Phi) is 4.08. The molecule has 0 aromatic heterocycles. The standard InChI is InChI=1S/C13H13Cl2NO/c14-11-6-5-10(8-12(11)15)16-13(17)7-9-3-1-2-4-9/h1,3,5-6,8-9H,2,4,7H2,(H,16,17)/t9-/m1/s1. The van der Waals surface area contributed by atoms with Gasteiger partial charge < -0.3 is 5.32 Å². The summed E-state index contributed by atoms with van der Waals surface area (Å²) in [4.78, 5) is 11.7. The van der Waals surface area contributed by atoms with Gasteiger partial charge in [-0.3, -0.25) is 4.79 Å². The van der Waals surface area contributed by atoms with Crippen LogP contribution in [0.3, 0.4) is 0 Å². The van der Waals surface area contributed by atoms with Gasteiger partial charge in [0.2, 0.25) is 5.91 Å². The lowest BCUT2D eigenvalue weighted by Gasteiger charge is -2.09. The molecule has 0 saturated carbocycles. The molecule has 0 aliphatic heterocycles. The second kappa shape index (κ2) is 5.56. The maximum atomic E-state index is 11.7. The minimum Gasteiger partial charge on any atom is -0.326 e. The van der Waals surface area contributed by atoms with Crippen molar-refractivity contribution >= 4 is 34.8 Å². The molecule has 2 rings (SSSR count). The fourth-order valence-corrected chi connectivity index (χ4v) is 2.19. The molecule has 4 heteroatoms. The third-order valence-electron chi connectivity index (χ3n) is 2.76. The van der Waals surface area contributed by atoms with E-state index >= 15 is 0 Å². The van der Waals surface area contributed by atoms with Crippen molar-refractivity contribution in [1.82, 2.24) is 0 Å². The maximum Gasteiger partial charge on any atom is 0.224 e. The summed E-state index contributed by atoms with van der Waals surface area (Å²) in [6.07, 6.45) is 6.89. The molecule has 0 unspecified atom stereocenters. The van der Waals surface area contributed by atoms with Gasteiger partial charge in [0.05, 0.1) is 10.0 Å². The zero-order valence-corrected chi connectivity index (χ0v) is 10.8. The van der Waals surface area contributed by atoms with E-state index < -0.39 is 0 Å². The van der Waals surface area contributed by atoms with Gasteiger partial charge in [-0.25, -0.2) is 0 Å². The highest BCUT2D eigenvalue weighted by Gasteiger charge is 2.14. The maximum absolute atomic E-state index is 11.7. The lowest BCUT2D eigenvalue weighted by atomic mass is 10.1. The Morgan fingerprint density at radius 1 is 1.35 bits per heavy atom. The minimum atomic E-state index is 0.0138. The molecule has 1 aromatic rings. The highest BCUT2D eigenvalue weighted by molar-refractivity contribution is 6.42. The SMILES string of the molecule is O=C(C[C@@H]1C=CCC1)Nc1ccc(Cl)c(Cl)c1. The van der Waals surface area contributed by atoms with Gasteiger partial charge in [-0.2, -0.15) is 0 Å². The molecule has 1 amide bonds. The van der Waals surface area contributed by atoms with Crippen molar-refractivity contribution in [3.8, 4) is 0 Å². The molecule has 1 N–H and O–H groups in total. The Balaban J connectivity index is 1.93. The van der Waals surface area contributed by atoms with E-state index in [-0.39, 0.29) is 5.91 Å². The molecule has 0 fully saturated rings. The molecule has 1 atom stereocenters. The molecule has 1 aliphatic rings. The second-order valence-corrected chi connectivity index (χ2v) is 4.96. The average molecular weight is 270 g/mol. The topological polar surface area (TPSA) is 29.1 Å². The summed E-state index contributed by atoms with van der Waals surface area (Å²) in [5.41, 5.74) is 0.686. The van der Waals surface area contributed by atoms with Gasteiger partial charge in [0.25, 0.3) is 0 Å². The van der Waals surface area contributed by atoms with E-state index in [9.17, 15) is 4.79 Å². The lowest BCUT2D eigenvalue weighted by molar-refractivity contribution is -0.116. The van der Waals surface area contributed by atoms with Crippen LogP contribution in [0.4, 0.5) is 5.69 Å². The van der Waals surface area contributed by atoms with E-state index in [2.05, 4.69) is 17.5 Å². The van der Waals surface area contributed by atoms with E-state index in [1.54, 1.807) is 18.2 Å². The first-order chi connectivity index (χ1) is 8.15. The Morgan fingerprint density at radius 2 is 2.18 bits per heavy atom. The molecule has 17 heavy (non-hydrogen) atoms. The molecule has 1 aromatic carbocycles. The summed E-state index contributed by atoms with van der Waals surface area (Å²) in [6.45, 7) is 0. The number of allylic oxidation sites excluding steroid dienone is 2. The van der Waals surface area contributed by atoms with E-state index in [0.29, 0.717) is 28.1 Å². The Hall–Kier alpha value is -0.990. The number of rotatable bonds is 3. The summed E-state index contributed by atoms with van der Waals surface area (Å²) < 4.78 is 0. The molecule has 0 radical (unpaired) electrons. The van der Waals surface area contributed by atoms with E-state index in [4.69, 9.17) is 23.2 Å². The van der Waals surface area contributed by atoms with Crippen LogP contribution in [0.5, 0.6) is 0 Å². The lowest BCUT2D eigenvalue weighted by Crippen LogP contribution is -2.14. The fourth-order valence-electron chi connectivity index (χ4n) is 1.89. The summed E-state index contributed by atoms with van der Waals surface area (Å²) in [6, 6.07) is 5.08. The largest absolute Gasteiger partial charge is 0.326 e. The van der Waals surface area contributed by atoms with Crippen molar-refractivity contribution in [2.75, 3.05) is 5.32 Å². The summed E-state index contributed by atoms with van der Waals surface area (Å²) in [7, 11) is 0. The first kappa shape index (κ1) is 12.5. The van der Waals surface area contributed by atoms with Crippen LogP contribution in [0.1, 0.15) is 19.3 Å². The molecule has 0 spiro atoms. The first-order valence-electron chi connectivity index (χ1n) is 5.57. The molecular formula is C13H13Cl2NO. The number of anilines is 1. The molecule has 90 valence electrons. The highest BCUT2D eigenvalue weighted by atomic mass is 35.5. The van der Waals surface area contributed by atoms with E-state index in [1.807, 2.05) is 0 Å². The predicted molar refractivity (Wildman–Crippen MR) is 71.6 cm³/mol. The van der Waals surface area contributed by atoms with E-state index in [1.165, 1.54) is 0 Å². The average Bonchev–Trinajstić information content (AvgIpc) is 2.76. The summed E-state index contributed by atoms with van der Waals surface area (Å²) >= 11 is 11.7. The van der Waals surface area contributed by atoms with Crippen molar-refractivity contribution in [3.05, 3.63) is 40.4 Å². The number of carbonyl (C=O) groups is 1. The molecule has 1 aliphatic carbocycles. The third kappa shape index (κ3) is 3.48. The molecule has 2 nitrogen and oxygen atoms in total. The quantitative estimate of drug-likeness (QED) is 0.815. The van der Waals surface area contributed by atoms with Gasteiger partial charge in [-0.05, 0) is 37.0 Å². The molecule has 0 bridgehead atoms. The van der Waals surface area contributed by atoms with Crippen molar-refractivity contribution in [2.24, 2.45) is 5.92 Å². The Morgan fingerprint density at radius 3 is 2.82 bits per heavy atom. The van der Waals surface area contributed by atoms with Crippen LogP contribution in [0.2, 0.25) is 10.0 Å². The normalized spacial score (nSPS) is 18.4. The van der Waals surface area contributed by atoms with Crippen molar-refractivity contribution in [2.45, 2.75) is 19.3 Å². The number of nitrogens with one attached hydrogen (secondary N) is 1. The third-order valence-corrected chi connectivity index (χ3v) is 3.50. The summed E-state index contributed by atoms with van der Waals surface area (Å²) in [5, 5.41) is 3.76. The van der Waals surface area contributed by atoms with Gasteiger partial charge >= 0.3 is 0 Å². The number of amides is 1. The first-order valence-corrected chi connectivity index (χ1v) is 6.32. The monoisotopic (exact) mass is 269 g/mol. The van der Waals surface area contributed by atoms with Gasteiger partial charge in [0.1, 0.15) is 0 Å². The number of hydrogen-bond acceptors (Lipinski definition) is 1. The van der Waals surface area contributed by atoms with Crippen LogP contribution in [-0.2, 0) is 4.79 Å². The van der Waals surface area contributed by atoms with Crippen LogP contribution in [0, 0.1) is 5.92 Å². The van der Waals surface area contributed by atoms with Gasteiger partial charge in [0.15, 0.2) is 0 Å². The minimum absolute atomic E-state index is 0.0138. The number of halogens is 2. The van der Waals surface area contributed by atoms with Crippen LogP contribution in [0.15, 0.2) is 30.4 Å². The van der Waals surface area contributed by atoms with Crippen LogP contribution in [-0.4, -0.2) is 5.91 Å². The Bertz CT molecular complexity index is 457. The van der Waals surface area contributed by atoms with Crippen molar-refractivity contribution in [3.63, 3.8) is 0 Å². The van der Waals surface area contributed by atoms with Crippen LogP contribution in [0.25, 0.3) is 0 Å². The summed E-state index contributed by atoms with van der Waals surface area (Å²) in [5.74, 6) is 0.387. The zero-order valence-electron chi connectivity index (χ0n) is 9.25. The fraction of sp³-hybridized carbons (Fsp3) is 0.308. The van der Waals surface area contributed by atoms with Crippen molar-refractivity contribution < 1.29 is 4.79 Å². The number of carbonyl (C=O) groups excluding carboxylic acids is 1. The second-order valence-electron chi connectivity index (χ2n) is 4.15. The van der Waals surface area contributed by atoms with E-state index in [0.717, 1.165) is 12.8 Å². The van der Waals surface area contributed by atoms with Crippen LogP contribution < -0.4 is 5.32 Å². The predicted octanol–water partition coefficient (Wildman–Crippen LogP) is 4.29. The van der Waals surface area contributed by atoms with Gasteiger partial charge in [0, 0.05) is 12.1 Å². The zero-order chi connectivity index (χ0) is 12.3.